The average molecular weight is 469 g/mol. The molecule has 0 bridgehead atoms. The number of pyridine rings is 1. The number of halogens is 1. The number of aliphatic imine (C=N–C) groups is 1. The van der Waals surface area contributed by atoms with Crippen molar-refractivity contribution in [3.05, 3.63) is 42.1 Å². The number of hydrogen-bond donors (Lipinski definition) is 2. The first-order chi connectivity index (χ1) is 12.4. The highest BCUT2D eigenvalue weighted by Gasteiger charge is 2.09. The summed E-state index contributed by atoms with van der Waals surface area (Å²) in [4.78, 5) is 11.6. The topological polar surface area (TPSA) is 61.8 Å². The lowest BCUT2D eigenvalue weighted by Crippen LogP contribution is -2.44. The van der Waals surface area contributed by atoms with Gasteiger partial charge in [0.1, 0.15) is 0 Å². The molecule has 1 aliphatic rings. The number of hydrogen-bond acceptors (Lipinski definition) is 4. The Kier molecular flexibility index (Phi) is 9.07. The first-order valence-corrected chi connectivity index (χ1v) is 9.01. The lowest BCUT2D eigenvalue weighted by molar-refractivity contribution is 0.0389. The number of fused-ring (bicyclic) bond motifs is 1. The molecule has 0 amide bonds. The van der Waals surface area contributed by atoms with Gasteiger partial charge in [0.2, 0.25) is 0 Å². The molecule has 0 spiro atoms. The fraction of sp³-hybridized carbons (Fsp3) is 0.474. The van der Waals surface area contributed by atoms with E-state index in [0.717, 1.165) is 68.4 Å². The monoisotopic (exact) mass is 469 g/mol. The van der Waals surface area contributed by atoms with E-state index >= 15 is 0 Å². The van der Waals surface area contributed by atoms with Crippen LogP contribution in [0.5, 0.6) is 0 Å². The minimum absolute atomic E-state index is 0. The number of morpholine rings is 1. The molecule has 7 heteroatoms. The number of benzene rings is 1. The van der Waals surface area contributed by atoms with E-state index in [2.05, 4.69) is 51.7 Å². The van der Waals surface area contributed by atoms with Crippen LogP contribution in [0.25, 0.3) is 10.9 Å². The number of nitrogens with zero attached hydrogens (tertiary/aromatic N) is 3. The van der Waals surface area contributed by atoms with Crippen molar-refractivity contribution < 1.29 is 4.74 Å². The number of aromatic nitrogens is 1. The molecule has 0 radical (unpaired) electrons. The van der Waals surface area contributed by atoms with Crippen LogP contribution in [0.1, 0.15) is 12.5 Å². The third-order valence-corrected chi connectivity index (χ3v) is 4.29. The molecule has 1 aromatic carbocycles. The minimum Gasteiger partial charge on any atom is -0.379 e. The SMILES string of the molecule is CCNC(=NCc1cccc2cccnc12)NCCN1CCOCC1.I. The van der Waals surface area contributed by atoms with Crippen LogP contribution in [0.4, 0.5) is 0 Å². The zero-order chi connectivity index (χ0) is 17.3. The minimum atomic E-state index is 0. The fourth-order valence-electron chi connectivity index (χ4n) is 2.96. The van der Waals surface area contributed by atoms with Gasteiger partial charge in [-0.1, -0.05) is 24.3 Å². The van der Waals surface area contributed by atoms with Crippen molar-refractivity contribution in [3.8, 4) is 0 Å². The summed E-state index contributed by atoms with van der Waals surface area (Å²) in [6, 6.07) is 10.3. The maximum atomic E-state index is 5.38. The van der Waals surface area contributed by atoms with Crippen molar-refractivity contribution in [1.29, 1.82) is 0 Å². The fourth-order valence-corrected chi connectivity index (χ4v) is 2.96. The Balaban J connectivity index is 0.00000243. The van der Waals surface area contributed by atoms with Gasteiger partial charge < -0.3 is 15.4 Å². The molecule has 2 heterocycles. The number of ether oxygens (including phenoxy) is 1. The second-order valence-corrected chi connectivity index (χ2v) is 6.07. The molecular weight excluding hydrogens is 441 g/mol. The van der Waals surface area contributed by atoms with Crippen LogP contribution in [-0.4, -0.2) is 61.8 Å². The van der Waals surface area contributed by atoms with Gasteiger partial charge in [0, 0.05) is 44.3 Å². The Morgan fingerprint density at radius 1 is 1.19 bits per heavy atom. The predicted molar refractivity (Wildman–Crippen MR) is 117 cm³/mol. The van der Waals surface area contributed by atoms with E-state index in [4.69, 9.17) is 9.73 Å². The maximum absolute atomic E-state index is 5.38. The molecule has 2 aromatic rings. The van der Waals surface area contributed by atoms with Crippen LogP contribution in [0.2, 0.25) is 0 Å². The normalized spacial score (nSPS) is 15.5. The molecular formula is C19H28IN5O. The van der Waals surface area contributed by atoms with E-state index < -0.39 is 0 Å². The summed E-state index contributed by atoms with van der Waals surface area (Å²) in [7, 11) is 0. The lowest BCUT2D eigenvalue weighted by atomic mass is 10.1. The van der Waals surface area contributed by atoms with Gasteiger partial charge in [-0.3, -0.25) is 9.88 Å². The van der Waals surface area contributed by atoms with E-state index in [0.29, 0.717) is 6.54 Å². The summed E-state index contributed by atoms with van der Waals surface area (Å²) in [5.41, 5.74) is 2.17. The highest BCUT2D eigenvalue weighted by molar-refractivity contribution is 14.0. The average Bonchev–Trinajstić information content (AvgIpc) is 2.67. The largest absolute Gasteiger partial charge is 0.379 e. The third-order valence-electron chi connectivity index (χ3n) is 4.29. The van der Waals surface area contributed by atoms with Crippen molar-refractivity contribution in [2.45, 2.75) is 13.5 Å². The van der Waals surface area contributed by atoms with Crippen LogP contribution in [0, 0.1) is 0 Å². The molecule has 142 valence electrons. The molecule has 6 nitrogen and oxygen atoms in total. The Morgan fingerprint density at radius 3 is 2.81 bits per heavy atom. The molecule has 0 unspecified atom stereocenters. The standard InChI is InChI=1S/C19H27N5O.HI/c1-2-20-19(22-9-10-24-11-13-25-14-12-24)23-15-17-6-3-5-16-7-4-8-21-18(16)17;/h3-8H,2,9-15H2,1H3,(H2,20,22,23);1H. The van der Waals surface area contributed by atoms with Gasteiger partial charge in [-0.05, 0) is 18.6 Å². The summed E-state index contributed by atoms with van der Waals surface area (Å²) >= 11 is 0. The Morgan fingerprint density at radius 2 is 2.00 bits per heavy atom. The predicted octanol–water partition coefficient (Wildman–Crippen LogP) is 2.24. The highest BCUT2D eigenvalue weighted by atomic mass is 127. The molecule has 1 aromatic heterocycles. The smallest absolute Gasteiger partial charge is 0.191 e. The van der Waals surface area contributed by atoms with Crippen molar-refractivity contribution >= 4 is 40.8 Å². The van der Waals surface area contributed by atoms with Gasteiger partial charge in [0.05, 0.1) is 25.3 Å². The van der Waals surface area contributed by atoms with E-state index in [9.17, 15) is 0 Å². The molecule has 3 rings (SSSR count). The highest BCUT2D eigenvalue weighted by Crippen LogP contribution is 2.16. The third kappa shape index (κ3) is 6.07. The van der Waals surface area contributed by atoms with Crippen molar-refractivity contribution in [2.75, 3.05) is 45.9 Å². The number of rotatable bonds is 6. The van der Waals surface area contributed by atoms with E-state index in [1.807, 2.05) is 12.3 Å². The first-order valence-electron chi connectivity index (χ1n) is 9.01. The van der Waals surface area contributed by atoms with Gasteiger partial charge in [0.25, 0.3) is 0 Å². The summed E-state index contributed by atoms with van der Waals surface area (Å²) < 4.78 is 5.38. The number of para-hydroxylation sites is 1. The molecule has 2 N–H and O–H groups in total. The van der Waals surface area contributed by atoms with Crippen LogP contribution in [-0.2, 0) is 11.3 Å². The van der Waals surface area contributed by atoms with E-state index in [-0.39, 0.29) is 24.0 Å². The summed E-state index contributed by atoms with van der Waals surface area (Å²) in [5, 5.41) is 7.89. The van der Waals surface area contributed by atoms with E-state index in [1.54, 1.807) is 0 Å². The van der Waals surface area contributed by atoms with Crippen molar-refractivity contribution in [3.63, 3.8) is 0 Å². The van der Waals surface area contributed by atoms with Gasteiger partial charge in [-0.25, -0.2) is 4.99 Å². The van der Waals surface area contributed by atoms with Gasteiger partial charge in [0.15, 0.2) is 5.96 Å². The Labute approximate surface area is 172 Å². The summed E-state index contributed by atoms with van der Waals surface area (Å²) in [5.74, 6) is 0.851. The molecule has 26 heavy (non-hydrogen) atoms. The zero-order valence-corrected chi connectivity index (χ0v) is 17.6. The van der Waals surface area contributed by atoms with Crippen LogP contribution >= 0.6 is 24.0 Å². The molecule has 1 aliphatic heterocycles. The van der Waals surface area contributed by atoms with Crippen LogP contribution in [0.3, 0.4) is 0 Å². The first kappa shape index (κ1) is 20.9. The summed E-state index contributed by atoms with van der Waals surface area (Å²) in [6.45, 7) is 9.11. The van der Waals surface area contributed by atoms with Gasteiger partial charge >= 0.3 is 0 Å². The molecule has 1 fully saturated rings. The quantitative estimate of drug-likeness (QED) is 0.386. The summed E-state index contributed by atoms with van der Waals surface area (Å²) in [6.07, 6.45) is 1.83. The molecule has 0 aliphatic carbocycles. The molecule has 1 saturated heterocycles. The van der Waals surface area contributed by atoms with Gasteiger partial charge in [-0.15, -0.1) is 24.0 Å². The van der Waals surface area contributed by atoms with E-state index in [1.165, 1.54) is 0 Å². The van der Waals surface area contributed by atoms with Crippen molar-refractivity contribution in [1.82, 2.24) is 20.5 Å². The van der Waals surface area contributed by atoms with Gasteiger partial charge in [-0.2, -0.15) is 0 Å². The molecule has 0 atom stereocenters. The zero-order valence-electron chi connectivity index (χ0n) is 15.3. The second-order valence-electron chi connectivity index (χ2n) is 6.07. The Hall–Kier alpha value is -1.45. The van der Waals surface area contributed by atoms with Crippen LogP contribution in [0.15, 0.2) is 41.5 Å². The number of guanidine groups is 1. The van der Waals surface area contributed by atoms with Crippen molar-refractivity contribution in [2.24, 2.45) is 4.99 Å². The Bertz CT molecular complexity index is 698. The molecule has 0 saturated carbocycles. The van der Waals surface area contributed by atoms with Crippen LogP contribution < -0.4 is 10.6 Å². The maximum Gasteiger partial charge on any atom is 0.191 e. The lowest BCUT2D eigenvalue weighted by Gasteiger charge is -2.26. The number of nitrogens with one attached hydrogen (secondary N) is 2. The second kappa shape index (κ2) is 11.3.